The van der Waals surface area contributed by atoms with E-state index in [1.165, 1.54) is 18.4 Å². The molecule has 26 heavy (non-hydrogen) atoms. The Morgan fingerprint density at radius 2 is 2.35 bits per heavy atom. The number of aromatic nitrogens is 2. The highest BCUT2D eigenvalue weighted by molar-refractivity contribution is 7.91. The number of anilines is 1. The summed E-state index contributed by atoms with van der Waals surface area (Å²) in [4.78, 5) is 4.36. The molecule has 0 fully saturated rings. The van der Waals surface area contributed by atoms with E-state index in [9.17, 15) is 13.8 Å². The molecule has 1 aromatic heterocycles. The van der Waals surface area contributed by atoms with Crippen LogP contribution in [0.2, 0.25) is 0 Å². The first-order valence-electron chi connectivity index (χ1n) is 7.92. The minimum absolute atomic E-state index is 0.0495. The molecule has 2 atom stereocenters. The fourth-order valence-electron chi connectivity index (χ4n) is 2.68. The highest BCUT2D eigenvalue weighted by Crippen LogP contribution is 2.36. The van der Waals surface area contributed by atoms with Crippen molar-refractivity contribution in [2.75, 3.05) is 23.9 Å². The van der Waals surface area contributed by atoms with E-state index in [2.05, 4.69) is 20.6 Å². The summed E-state index contributed by atoms with van der Waals surface area (Å²) in [6.07, 6.45) is 2.51. The van der Waals surface area contributed by atoms with Crippen molar-refractivity contribution >= 4 is 21.4 Å². The van der Waals surface area contributed by atoms with Gasteiger partial charge in [0.15, 0.2) is 11.5 Å². The maximum Gasteiger partial charge on any atom is 0.202 e. The summed E-state index contributed by atoms with van der Waals surface area (Å²) in [5, 5.41) is 19.8. The van der Waals surface area contributed by atoms with Gasteiger partial charge in [0.2, 0.25) is 5.82 Å². The standard InChI is InChI=1S/C15H19FN6O3S/c1-26(17,24)6-2-5-18-14-13(21-25-22-14)15(20-23)19-12-7-9-3-4-10(16)8-11(9)12/h3-4,8,12,17,23H,2,5-7H2,1H3,(H,18,22)(H,19,20)/t12-,26?/m0/s1. The van der Waals surface area contributed by atoms with Crippen LogP contribution in [0.25, 0.3) is 0 Å². The van der Waals surface area contributed by atoms with E-state index >= 15 is 0 Å². The molecular weight excluding hydrogens is 363 g/mol. The van der Waals surface area contributed by atoms with Gasteiger partial charge in [0.05, 0.1) is 6.04 Å². The fourth-order valence-corrected chi connectivity index (χ4v) is 3.37. The Morgan fingerprint density at radius 1 is 1.54 bits per heavy atom. The van der Waals surface area contributed by atoms with Gasteiger partial charge >= 0.3 is 0 Å². The van der Waals surface area contributed by atoms with Crippen LogP contribution in [0.4, 0.5) is 10.2 Å². The molecule has 9 nitrogen and oxygen atoms in total. The Bertz CT molecular complexity index is 927. The van der Waals surface area contributed by atoms with E-state index in [-0.39, 0.29) is 35.0 Å². The molecular formula is C15H19FN6O3S. The molecule has 140 valence electrons. The Kier molecular flexibility index (Phi) is 5.18. The molecule has 1 aromatic carbocycles. The second kappa shape index (κ2) is 7.38. The van der Waals surface area contributed by atoms with Crippen molar-refractivity contribution in [2.45, 2.75) is 18.9 Å². The lowest BCUT2D eigenvalue weighted by atomic mass is 9.83. The molecule has 0 radical (unpaired) electrons. The largest absolute Gasteiger partial charge is 0.365 e. The number of rotatable bonds is 7. The van der Waals surface area contributed by atoms with E-state index < -0.39 is 9.73 Å². The third kappa shape index (κ3) is 4.17. The lowest BCUT2D eigenvalue weighted by molar-refractivity contribution is 0.232. The summed E-state index contributed by atoms with van der Waals surface area (Å²) >= 11 is 0. The molecule has 11 heteroatoms. The number of hydrogen-bond acceptors (Lipinski definition) is 8. The molecule has 0 spiro atoms. The number of benzene rings is 1. The molecule has 1 heterocycles. The SMILES string of the molecule is CS(=N)(=O)CCCNc1nonc1C(=N[C@H]1Cc2ccc(F)cc21)NO. The average Bonchev–Trinajstić information content (AvgIpc) is 3.02. The number of aliphatic imine (C=N–C) groups is 1. The molecule has 0 bridgehead atoms. The van der Waals surface area contributed by atoms with Crippen LogP contribution < -0.4 is 10.8 Å². The van der Waals surface area contributed by atoms with Crippen LogP contribution in [0.1, 0.15) is 29.3 Å². The van der Waals surface area contributed by atoms with Crippen molar-refractivity contribution in [3.63, 3.8) is 0 Å². The van der Waals surface area contributed by atoms with Gasteiger partial charge in [0.1, 0.15) is 5.82 Å². The summed E-state index contributed by atoms with van der Waals surface area (Å²) < 4.78 is 36.8. The van der Waals surface area contributed by atoms with E-state index in [0.29, 0.717) is 19.4 Å². The van der Waals surface area contributed by atoms with Gasteiger partial charge in [0, 0.05) is 28.3 Å². The van der Waals surface area contributed by atoms with Crippen LogP contribution in [-0.4, -0.2) is 44.1 Å². The zero-order valence-corrected chi connectivity index (χ0v) is 14.8. The van der Waals surface area contributed by atoms with Gasteiger partial charge in [-0.25, -0.2) is 9.02 Å². The fraction of sp³-hybridized carbons (Fsp3) is 0.400. The summed E-state index contributed by atoms with van der Waals surface area (Å²) in [5.41, 5.74) is 3.93. The first-order chi connectivity index (χ1) is 12.4. The number of halogens is 1. The first-order valence-corrected chi connectivity index (χ1v) is 10.1. The highest BCUT2D eigenvalue weighted by atomic mass is 32.2. The van der Waals surface area contributed by atoms with Crippen molar-refractivity contribution in [1.29, 1.82) is 4.78 Å². The zero-order valence-electron chi connectivity index (χ0n) is 14.0. The number of nitrogens with zero attached hydrogens (tertiary/aromatic N) is 3. The summed E-state index contributed by atoms with van der Waals surface area (Å²) in [6.45, 7) is 0.404. The van der Waals surface area contributed by atoms with Gasteiger partial charge in [-0.05, 0) is 46.4 Å². The molecule has 0 aliphatic heterocycles. The lowest BCUT2D eigenvalue weighted by Gasteiger charge is -2.27. The van der Waals surface area contributed by atoms with Gasteiger partial charge < -0.3 is 5.32 Å². The van der Waals surface area contributed by atoms with E-state index in [0.717, 1.165) is 11.1 Å². The van der Waals surface area contributed by atoms with Crippen LogP contribution in [0.15, 0.2) is 27.8 Å². The maximum absolute atomic E-state index is 13.4. The Balaban J connectivity index is 1.71. The number of hydroxylamine groups is 1. The normalized spacial score (nSPS) is 18.6. The Hall–Kier alpha value is -2.53. The molecule has 2 aromatic rings. The van der Waals surface area contributed by atoms with Crippen LogP contribution in [0, 0.1) is 10.6 Å². The van der Waals surface area contributed by atoms with Crippen molar-refractivity contribution in [3.8, 4) is 0 Å². The van der Waals surface area contributed by atoms with Crippen LogP contribution in [-0.2, 0) is 16.1 Å². The van der Waals surface area contributed by atoms with Gasteiger partial charge in [-0.3, -0.25) is 24.7 Å². The molecule has 1 unspecified atom stereocenters. The highest BCUT2D eigenvalue weighted by Gasteiger charge is 2.28. The third-order valence-electron chi connectivity index (χ3n) is 3.99. The first kappa shape index (κ1) is 18.3. The molecule has 0 amide bonds. The predicted molar refractivity (Wildman–Crippen MR) is 93.4 cm³/mol. The van der Waals surface area contributed by atoms with Crippen molar-refractivity contribution in [3.05, 3.63) is 40.8 Å². The van der Waals surface area contributed by atoms with Crippen LogP contribution >= 0.6 is 0 Å². The molecule has 4 N–H and O–H groups in total. The van der Waals surface area contributed by atoms with Gasteiger partial charge in [0.25, 0.3) is 0 Å². The van der Waals surface area contributed by atoms with Crippen LogP contribution in [0.5, 0.6) is 0 Å². The van der Waals surface area contributed by atoms with Crippen molar-refractivity contribution < 1.29 is 18.4 Å². The van der Waals surface area contributed by atoms with E-state index in [1.54, 1.807) is 6.07 Å². The number of amidine groups is 1. The third-order valence-corrected chi connectivity index (χ3v) is 5.05. The Morgan fingerprint density at radius 3 is 3.08 bits per heavy atom. The van der Waals surface area contributed by atoms with Gasteiger partial charge in [-0.15, -0.1) is 0 Å². The maximum atomic E-state index is 13.4. The predicted octanol–water partition coefficient (Wildman–Crippen LogP) is 1.71. The molecule has 1 aliphatic carbocycles. The second-order valence-electron chi connectivity index (χ2n) is 6.10. The lowest BCUT2D eigenvalue weighted by Crippen LogP contribution is -2.26. The molecule has 0 saturated heterocycles. The molecule has 3 rings (SSSR count). The number of fused-ring (bicyclic) bond motifs is 1. The van der Waals surface area contributed by atoms with Crippen LogP contribution in [0.3, 0.4) is 0 Å². The smallest absolute Gasteiger partial charge is 0.202 e. The minimum Gasteiger partial charge on any atom is -0.365 e. The quantitative estimate of drug-likeness (QED) is 0.248. The van der Waals surface area contributed by atoms with Crippen molar-refractivity contribution in [2.24, 2.45) is 4.99 Å². The minimum atomic E-state index is -2.55. The monoisotopic (exact) mass is 382 g/mol. The zero-order chi connectivity index (χ0) is 18.7. The van der Waals surface area contributed by atoms with E-state index in [4.69, 9.17) is 9.41 Å². The second-order valence-corrected chi connectivity index (χ2v) is 8.52. The molecule has 0 saturated carbocycles. The van der Waals surface area contributed by atoms with E-state index in [1.807, 2.05) is 5.48 Å². The Labute approximate surface area is 149 Å². The topological polar surface area (TPSA) is 136 Å². The summed E-state index contributed by atoms with van der Waals surface area (Å²) in [7, 11) is -2.55. The molecule has 1 aliphatic rings. The number of nitrogens with one attached hydrogen (secondary N) is 3. The average molecular weight is 382 g/mol. The summed E-state index contributed by atoms with van der Waals surface area (Å²) in [6, 6.07) is 4.24. The number of hydrogen-bond donors (Lipinski definition) is 4. The van der Waals surface area contributed by atoms with Crippen molar-refractivity contribution in [1.82, 2.24) is 15.8 Å². The summed E-state index contributed by atoms with van der Waals surface area (Å²) in [5.74, 6) is 0.226. The van der Waals surface area contributed by atoms with Gasteiger partial charge in [-0.1, -0.05) is 6.07 Å². The van der Waals surface area contributed by atoms with Gasteiger partial charge in [-0.2, -0.15) is 0 Å².